The minimum atomic E-state index is 0.0470. The fourth-order valence-electron chi connectivity index (χ4n) is 1.25. The first-order valence-electron chi connectivity index (χ1n) is 3.91. The number of thioether (sulfide) groups is 1. The van der Waals surface area contributed by atoms with E-state index in [2.05, 4.69) is 5.32 Å². The van der Waals surface area contributed by atoms with Crippen LogP contribution in [0, 0.1) is 0 Å². The number of hydrogen-bond acceptors (Lipinski definition) is 3. The van der Waals surface area contributed by atoms with Gasteiger partial charge in [-0.1, -0.05) is 6.07 Å². The van der Waals surface area contributed by atoms with Crippen LogP contribution in [0.4, 0.5) is 5.69 Å². The number of methoxy groups -OCH3 is 1. The first kappa shape index (κ1) is 8.44. The zero-order valence-corrected chi connectivity index (χ0v) is 7.98. The summed E-state index contributed by atoms with van der Waals surface area (Å²) in [5.74, 6) is 1.33. The monoisotopic (exact) mass is 195 g/mol. The second kappa shape index (κ2) is 3.30. The Morgan fingerprint density at radius 2 is 2.38 bits per heavy atom. The van der Waals surface area contributed by atoms with E-state index in [1.165, 1.54) is 11.8 Å². The van der Waals surface area contributed by atoms with Gasteiger partial charge in [0, 0.05) is 0 Å². The molecule has 0 aliphatic carbocycles. The summed E-state index contributed by atoms with van der Waals surface area (Å²) in [5, 5.41) is 2.79. The summed E-state index contributed by atoms with van der Waals surface area (Å²) in [6.07, 6.45) is 0. The lowest BCUT2D eigenvalue weighted by molar-refractivity contribution is -0.113. The summed E-state index contributed by atoms with van der Waals surface area (Å²) in [6.45, 7) is 0. The molecule has 0 fully saturated rings. The average molecular weight is 195 g/mol. The van der Waals surface area contributed by atoms with Crippen LogP contribution >= 0.6 is 11.8 Å². The number of nitrogens with one attached hydrogen (secondary N) is 1. The van der Waals surface area contributed by atoms with E-state index in [0.29, 0.717) is 5.75 Å². The Kier molecular flexibility index (Phi) is 2.14. The van der Waals surface area contributed by atoms with Gasteiger partial charge in [-0.05, 0) is 12.1 Å². The van der Waals surface area contributed by atoms with Gasteiger partial charge in [0.05, 0.1) is 23.4 Å². The zero-order chi connectivity index (χ0) is 9.26. The lowest BCUT2D eigenvalue weighted by Gasteiger charge is -2.18. The van der Waals surface area contributed by atoms with Crippen molar-refractivity contribution in [1.82, 2.24) is 0 Å². The Balaban J connectivity index is 2.45. The number of hydrogen-bond donors (Lipinski definition) is 1. The molecule has 1 aromatic carbocycles. The van der Waals surface area contributed by atoms with E-state index in [1.807, 2.05) is 18.2 Å². The molecule has 0 radical (unpaired) electrons. The van der Waals surface area contributed by atoms with Crippen LogP contribution in [0.15, 0.2) is 23.1 Å². The molecule has 1 amide bonds. The summed E-state index contributed by atoms with van der Waals surface area (Å²) in [4.78, 5) is 12.1. The molecule has 0 atom stereocenters. The molecule has 1 aromatic rings. The van der Waals surface area contributed by atoms with Crippen LogP contribution in [0.25, 0.3) is 0 Å². The first-order valence-corrected chi connectivity index (χ1v) is 4.89. The predicted molar refractivity (Wildman–Crippen MR) is 52.3 cm³/mol. The average Bonchev–Trinajstić information content (AvgIpc) is 2.16. The van der Waals surface area contributed by atoms with Crippen LogP contribution in [-0.4, -0.2) is 18.8 Å². The summed E-state index contributed by atoms with van der Waals surface area (Å²) in [5.41, 5.74) is 0.848. The van der Waals surface area contributed by atoms with Crippen molar-refractivity contribution in [2.24, 2.45) is 0 Å². The van der Waals surface area contributed by atoms with Gasteiger partial charge in [-0.3, -0.25) is 4.79 Å². The fourth-order valence-corrected chi connectivity index (χ4v) is 2.16. The molecule has 0 unspecified atom stereocenters. The highest BCUT2D eigenvalue weighted by Crippen LogP contribution is 2.38. The molecular weight excluding hydrogens is 186 g/mol. The molecule has 1 heterocycles. The van der Waals surface area contributed by atoms with Crippen molar-refractivity contribution in [3.05, 3.63) is 18.2 Å². The van der Waals surface area contributed by atoms with Gasteiger partial charge in [0.25, 0.3) is 0 Å². The second-order valence-corrected chi connectivity index (χ2v) is 3.66. The molecule has 0 saturated carbocycles. The smallest absolute Gasteiger partial charge is 0.234 e. The number of ether oxygens (including phenoxy) is 1. The van der Waals surface area contributed by atoms with Crippen LogP contribution in [0.3, 0.4) is 0 Å². The van der Waals surface area contributed by atoms with Gasteiger partial charge in [0.15, 0.2) is 0 Å². The van der Waals surface area contributed by atoms with E-state index in [4.69, 9.17) is 4.74 Å². The quantitative estimate of drug-likeness (QED) is 0.741. The minimum Gasteiger partial charge on any atom is -0.496 e. The Hall–Kier alpha value is -1.16. The lowest BCUT2D eigenvalue weighted by atomic mass is 10.3. The van der Waals surface area contributed by atoms with E-state index >= 15 is 0 Å². The van der Waals surface area contributed by atoms with Crippen LogP contribution in [-0.2, 0) is 4.79 Å². The number of fused-ring (bicyclic) bond motifs is 1. The highest BCUT2D eigenvalue weighted by atomic mass is 32.2. The van der Waals surface area contributed by atoms with Gasteiger partial charge in [0.1, 0.15) is 5.75 Å². The summed E-state index contributed by atoms with van der Waals surface area (Å²) >= 11 is 1.51. The highest BCUT2D eigenvalue weighted by Gasteiger charge is 2.18. The van der Waals surface area contributed by atoms with Gasteiger partial charge in [-0.2, -0.15) is 0 Å². The minimum absolute atomic E-state index is 0.0470. The molecule has 0 aromatic heterocycles. The third-order valence-electron chi connectivity index (χ3n) is 1.82. The summed E-state index contributed by atoms with van der Waals surface area (Å²) < 4.78 is 5.18. The molecule has 2 rings (SSSR count). The van der Waals surface area contributed by atoms with Crippen LogP contribution < -0.4 is 10.1 Å². The summed E-state index contributed by atoms with van der Waals surface area (Å²) in [7, 11) is 1.63. The first-order chi connectivity index (χ1) is 6.31. The molecule has 13 heavy (non-hydrogen) atoms. The molecule has 0 bridgehead atoms. The Morgan fingerprint density at radius 1 is 1.54 bits per heavy atom. The third-order valence-corrected chi connectivity index (χ3v) is 2.94. The zero-order valence-electron chi connectivity index (χ0n) is 7.16. The van der Waals surface area contributed by atoms with Crippen molar-refractivity contribution >= 4 is 23.4 Å². The fraction of sp³-hybridized carbons (Fsp3) is 0.222. The Bertz CT molecular complexity index is 351. The predicted octanol–water partition coefficient (Wildman–Crippen LogP) is 1.74. The molecule has 4 heteroatoms. The number of anilines is 1. The van der Waals surface area contributed by atoms with Gasteiger partial charge >= 0.3 is 0 Å². The van der Waals surface area contributed by atoms with Crippen molar-refractivity contribution in [1.29, 1.82) is 0 Å². The maximum absolute atomic E-state index is 11.1. The van der Waals surface area contributed by atoms with Gasteiger partial charge < -0.3 is 10.1 Å². The normalized spacial score (nSPS) is 14.7. The lowest BCUT2D eigenvalue weighted by Crippen LogP contribution is -2.18. The van der Waals surface area contributed by atoms with Crippen molar-refractivity contribution in [3.8, 4) is 5.75 Å². The van der Waals surface area contributed by atoms with Gasteiger partial charge in [-0.15, -0.1) is 11.8 Å². The largest absolute Gasteiger partial charge is 0.496 e. The number of rotatable bonds is 1. The molecule has 1 aliphatic heterocycles. The molecule has 0 spiro atoms. The van der Waals surface area contributed by atoms with E-state index < -0.39 is 0 Å². The van der Waals surface area contributed by atoms with E-state index in [0.717, 1.165) is 16.3 Å². The maximum Gasteiger partial charge on any atom is 0.234 e. The SMILES string of the molecule is COc1cccc2c1SCC(=O)N2. The molecule has 1 aliphatic rings. The molecule has 3 nitrogen and oxygen atoms in total. The topological polar surface area (TPSA) is 38.3 Å². The van der Waals surface area contributed by atoms with Crippen molar-refractivity contribution in [3.63, 3.8) is 0 Å². The van der Waals surface area contributed by atoms with Crippen molar-refractivity contribution < 1.29 is 9.53 Å². The number of carbonyl (C=O) groups excluding carboxylic acids is 1. The van der Waals surface area contributed by atoms with Crippen LogP contribution in [0.2, 0.25) is 0 Å². The van der Waals surface area contributed by atoms with Crippen LogP contribution in [0.1, 0.15) is 0 Å². The van der Waals surface area contributed by atoms with Gasteiger partial charge in [0.2, 0.25) is 5.91 Å². The second-order valence-electron chi connectivity index (χ2n) is 2.67. The maximum atomic E-state index is 11.1. The molecular formula is C9H9NO2S. The molecule has 1 N–H and O–H groups in total. The Labute approximate surface area is 80.5 Å². The third kappa shape index (κ3) is 1.49. The standard InChI is InChI=1S/C9H9NO2S/c1-12-7-4-2-3-6-9(7)13-5-8(11)10-6/h2-4H,5H2,1H3,(H,10,11). The Morgan fingerprint density at radius 3 is 3.15 bits per heavy atom. The van der Waals surface area contributed by atoms with E-state index in [9.17, 15) is 4.79 Å². The molecule has 68 valence electrons. The number of amides is 1. The van der Waals surface area contributed by atoms with Gasteiger partial charge in [-0.25, -0.2) is 0 Å². The number of carbonyl (C=O) groups is 1. The van der Waals surface area contributed by atoms with Crippen LogP contribution in [0.5, 0.6) is 5.75 Å². The molecule has 0 saturated heterocycles. The number of benzene rings is 1. The summed E-state index contributed by atoms with van der Waals surface area (Å²) in [6, 6.07) is 5.63. The van der Waals surface area contributed by atoms with Crippen molar-refractivity contribution in [2.75, 3.05) is 18.2 Å². The van der Waals surface area contributed by atoms with Crippen molar-refractivity contribution in [2.45, 2.75) is 4.90 Å². The highest BCUT2D eigenvalue weighted by molar-refractivity contribution is 8.00. The van der Waals surface area contributed by atoms with E-state index in [1.54, 1.807) is 7.11 Å². The van der Waals surface area contributed by atoms with E-state index in [-0.39, 0.29) is 5.91 Å².